The van der Waals surface area contributed by atoms with E-state index in [4.69, 9.17) is 0 Å². The quantitative estimate of drug-likeness (QED) is 0.868. The van der Waals surface area contributed by atoms with Gasteiger partial charge in [0.05, 0.1) is 0 Å². The van der Waals surface area contributed by atoms with Crippen LogP contribution in [0, 0.1) is 5.41 Å². The molecule has 0 aliphatic carbocycles. The molecule has 1 aromatic carbocycles. The van der Waals surface area contributed by atoms with Crippen molar-refractivity contribution in [2.75, 3.05) is 11.5 Å². The lowest BCUT2D eigenvalue weighted by Crippen LogP contribution is -2.47. The number of benzene rings is 1. The Bertz CT molecular complexity index is 405. The van der Waals surface area contributed by atoms with Crippen molar-refractivity contribution in [3.8, 4) is 0 Å². The molecule has 2 atom stereocenters. The van der Waals surface area contributed by atoms with Gasteiger partial charge in [0, 0.05) is 22.3 Å². The van der Waals surface area contributed by atoms with Gasteiger partial charge in [0.1, 0.15) is 0 Å². The fraction of sp³-hybridized carbons (Fsp3) is 0.600. The lowest BCUT2D eigenvalue weighted by molar-refractivity contribution is 0.232. The number of hydrogen-bond donors (Lipinski definition) is 1. The van der Waals surface area contributed by atoms with E-state index in [1.165, 1.54) is 23.5 Å². The predicted molar refractivity (Wildman–Crippen MR) is 85.2 cm³/mol. The molecule has 3 heteroatoms. The van der Waals surface area contributed by atoms with Crippen molar-refractivity contribution < 1.29 is 0 Å². The maximum absolute atomic E-state index is 3.81. The zero-order chi connectivity index (χ0) is 13.2. The second kappa shape index (κ2) is 5.98. The van der Waals surface area contributed by atoms with Crippen LogP contribution in [0.1, 0.15) is 38.8 Å². The van der Waals surface area contributed by atoms with Crippen molar-refractivity contribution in [1.82, 2.24) is 5.32 Å². The molecular formula is C15H22BrNS. The van der Waals surface area contributed by atoms with E-state index in [0.29, 0.717) is 17.5 Å². The molecule has 1 N–H and O–H groups in total. The number of rotatable bonds is 3. The van der Waals surface area contributed by atoms with Crippen molar-refractivity contribution in [2.45, 2.75) is 39.3 Å². The molecule has 1 aliphatic rings. The highest BCUT2D eigenvalue weighted by Gasteiger charge is 2.33. The van der Waals surface area contributed by atoms with Crippen LogP contribution >= 0.6 is 27.7 Å². The largest absolute Gasteiger partial charge is 0.306 e. The van der Waals surface area contributed by atoms with Gasteiger partial charge >= 0.3 is 0 Å². The lowest BCUT2D eigenvalue weighted by atomic mass is 9.81. The highest BCUT2D eigenvalue weighted by Crippen LogP contribution is 2.35. The van der Waals surface area contributed by atoms with E-state index in [-0.39, 0.29) is 0 Å². The average Bonchev–Trinajstić information content (AvgIpc) is 2.31. The summed E-state index contributed by atoms with van der Waals surface area (Å²) in [6.45, 7) is 7.03. The molecule has 1 heterocycles. The lowest BCUT2D eigenvalue weighted by Gasteiger charge is -2.40. The monoisotopic (exact) mass is 327 g/mol. The summed E-state index contributed by atoms with van der Waals surface area (Å²) in [5.74, 6) is 2.53. The van der Waals surface area contributed by atoms with E-state index in [0.717, 1.165) is 4.47 Å². The number of thioether (sulfide) groups is 1. The van der Waals surface area contributed by atoms with Crippen LogP contribution in [0.3, 0.4) is 0 Å². The van der Waals surface area contributed by atoms with Crippen molar-refractivity contribution in [3.63, 3.8) is 0 Å². The van der Waals surface area contributed by atoms with Crippen LogP contribution in [0.15, 0.2) is 28.7 Å². The molecule has 1 nitrogen and oxygen atoms in total. The Morgan fingerprint density at radius 1 is 1.44 bits per heavy atom. The zero-order valence-corrected chi connectivity index (χ0v) is 13.8. The van der Waals surface area contributed by atoms with Gasteiger partial charge in [-0.3, -0.25) is 0 Å². The summed E-state index contributed by atoms with van der Waals surface area (Å²) in [4.78, 5) is 0. The first-order valence-electron chi connectivity index (χ1n) is 6.58. The zero-order valence-electron chi connectivity index (χ0n) is 11.4. The standard InChI is InChI=1S/C15H22BrNS/c1-11(12-5-4-6-13(16)9-12)17-14-10-18-8-7-15(14,2)3/h4-6,9,11,14,17H,7-8,10H2,1-3H3/t11-,14?/m1/s1. The third kappa shape index (κ3) is 3.52. The van der Waals surface area contributed by atoms with Crippen LogP contribution < -0.4 is 5.32 Å². The summed E-state index contributed by atoms with van der Waals surface area (Å²) in [6, 6.07) is 9.61. The first kappa shape index (κ1) is 14.4. The third-order valence-electron chi connectivity index (χ3n) is 3.92. The first-order chi connectivity index (χ1) is 8.49. The number of hydrogen-bond acceptors (Lipinski definition) is 2. The molecule has 1 aliphatic heterocycles. The highest BCUT2D eigenvalue weighted by atomic mass is 79.9. The Hall–Kier alpha value is 0.01000. The Morgan fingerprint density at radius 2 is 2.22 bits per heavy atom. The van der Waals surface area contributed by atoms with Crippen LogP contribution in [0.25, 0.3) is 0 Å². The molecular weight excluding hydrogens is 306 g/mol. The molecule has 0 aromatic heterocycles. The van der Waals surface area contributed by atoms with Gasteiger partial charge in [0.2, 0.25) is 0 Å². The summed E-state index contributed by atoms with van der Waals surface area (Å²) >= 11 is 5.62. The van der Waals surface area contributed by atoms with E-state index >= 15 is 0 Å². The third-order valence-corrected chi connectivity index (χ3v) is 5.47. The van der Waals surface area contributed by atoms with Crippen LogP contribution in [0.4, 0.5) is 0 Å². The van der Waals surface area contributed by atoms with Crippen LogP contribution in [0.5, 0.6) is 0 Å². The van der Waals surface area contributed by atoms with Crippen LogP contribution in [-0.2, 0) is 0 Å². The number of halogens is 1. The molecule has 0 bridgehead atoms. The average molecular weight is 328 g/mol. The molecule has 0 radical (unpaired) electrons. The van der Waals surface area contributed by atoms with E-state index in [9.17, 15) is 0 Å². The SMILES string of the molecule is C[C@@H](NC1CSCCC1(C)C)c1cccc(Br)c1. The smallest absolute Gasteiger partial charge is 0.0295 e. The minimum absolute atomic E-state index is 0.408. The molecule has 1 saturated heterocycles. The molecule has 2 rings (SSSR count). The normalized spacial score (nSPS) is 24.8. The van der Waals surface area contributed by atoms with Gasteiger partial charge in [-0.25, -0.2) is 0 Å². The molecule has 0 spiro atoms. The molecule has 1 unspecified atom stereocenters. The molecule has 0 amide bonds. The second-order valence-electron chi connectivity index (χ2n) is 5.81. The van der Waals surface area contributed by atoms with Gasteiger partial charge in [-0.15, -0.1) is 0 Å². The van der Waals surface area contributed by atoms with E-state index in [1.807, 2.05) is 0 Å². The fourth-order valence-corrected chi connectivity index (χ4v) is 4.42. The first-order valence-corrected chi connectivity index (χ1v) is 8.53. The second-order valence-corrected chi connectivity index (χ2v) is 7.87. The summed E-state index contributed by atoms with van der Waals surface area (Å²) in [7, 11) is 0. The fourth-order valence-electron chi connectivity index (χ4n) is 2.38. The van der Waals surface area contributed by atoms with Gasteiger partial charge < -0.3 is 5.32 Å². The van der Waals surface area contributed by atoms with Gasteiger partial charge in [0.15, 0.2) is 0 Å². The molecule has 100 valence electrons. The maximum atomic E-state index is 3.81. The van der Waals surface area contributed by atoms with Crippen molar-refractivity contribution in [1.29, 1.82) is 0 Å². The number of nitrogens with one attached hydrogen (secondary N) is 1. The molecule has 1 fully saturated rings. The molecule has 18 heavy (non-hydrogen) atoms. The Morgan fingerprint density at radius 3 is 2.89 bits per heavy atom. The highest BCUT2D eigenvalue weighted by molar-refractivity contribution is 9.10. The summed E-state index contributed by atoms with van der Waals surface area (Å²) in [5, 5.41) is 3.81. The van der Waals surface area contributed by atoms with Crippen molar-refractivity contribution >= 4 is 27.7 Å². The summed E-state index contributed by atoms with van der Waals surface area (Å²) < 4.78 is 1.16. The van der Waals surface area contributed by atoms with Crippen LogP contribution in [-0.4, -0.2) is 17.5 Å². The Balaban J connectivity index is 2.04. The van der Waals surface area contributed by atoms with E-state index in [2.05, 4.69) is 78.0 Å². The predicted octanol–water partition coefficient (Wildman–Crippen LogP) is 4.63. The van der Waals surface area contributed by atoms with Gasteiger partial charge in [-0.05, 0) is 42.2 Å². The van der Waals surface area contributed by atoms with Crippen molar-refractivity contribution in [3.05, 3.63) is 34.3 Å². The van der Waals surface area contributed by atoms with Gasteiger partial charge in [-0.2, -0.15) is 11.8 Å². The Kier molecular flexibility index (Phi) is 4.79. The topological polar surface area (TPSA) is 12.0 Å². The summed E-state index contributed by atoms with van der Waals surface area (Å²) in [5.41, 5.74) is 1.77. The van der Waals surface area contributed by atoms with E-state index in [1.54, 1.807) is 0 Å². The Labute approximate surface area is 123 Å². The van der Waals surface area contributed by atoms with Crippen LogP contribution in [0.2, 0.25) is 0 Å². The summed E-state index contributed by atoms with van der Waals surface area (Å²) in [6.07, 6.45) is 1.31. The van der Waals surface area contributed by atoms with Gasteiger partial charge in [-0.1, -0.05) is 41.9 Å². The van der Waals surface area contributed by atoms with Gasteiger partial charge in [0.25, 0.3) is 0 Å². The minimum atomic E-state index is 0.408. The molecule has 1 aromatic rings. The maximum Gasteiger partial charge on any atom is 0.0295 e. The molecule has 0 saturated carbocycles. The van der Waals surface area contributed by atoms with Crippen molar-refractivity contribution in [2.24, 2.45) is 5.41 Å². The minimum Gasteiger partial charge on any atom is -0.306 e. The van der Waals surface area contributed by atoms with E-state index < -0.39 is 0 Å².